The largest absolute Gasteiger partial charge is 0.491 e. The van der Waals surface area contributed by atoms with E-state index in [0.717, 1.165) is 0 Å². The zero-order valence-corrected chi connectivity index (χ0v) is 12.1. The van der Waals surface area contributed by atoms with Crippen LogP contribution in [0.4, 0.5) is 5.69 Å². The van der Waals surface area contributed by atoms with Gasteiger partial charge in [0, 0.05) is 12.6 Å². The summed E-state index contributed by atoms with van der Waals surface area (Å²) in [5.41, 5.74) is 6.31. The molecule has 1 aromatic carbocycles. The maximum atomic E-state index is 11.8. The van der Waals surface area contributed by atoms with Crippen LogP contribution < -0.4 is 15.8 Å². The van der Waals surface area contributed by atoms with Crippen LogP contribution in [0.3, 0.4) is 0 Å². The fourth-order valence-electron chi connectivity index (χ4n) is 1.86. The third kappa shape index (κ3) is 5.48. The standard InChI is InChI=1S/C15H24N2O3/c1-11(2)13(7-9-18)17-15(19)8-10-20-14-6-4-3-5-12(14)16/h3-6,11,13,18H,7-10,16H2,1-2H3,(H,17,19). The zero-order chi connectivity index (χ0) is 15.0. The number of nitrogens with two attached hydrogens (primary N) is 1. The van der Waals surface area contributed by atoms with E-state index in [-0.39, 0.29) is 37.5 Å². The molecular weight excluding hydrogens is 256 g/mol. The van der Waals surface area contributed by atoms with Gasteiger partial charge in [0.05, 0.1) is 18.7 Å². The number of nitrogens with one attached hydrogen (secondary N) is 1. The van der Waals surface area contributed by atoms with Crippen LogP contribution in [-0.4, -0.2) is 30.3 Å². The molecule has 1 amide bonds. The Bertz CT molecular complexity index is 421. The van der Waals surface area contributed by atoms with Gasteiger partial charge in [0.15, 0.2) is 0 Å². The van der Waals surface area contributed by atoms with Crippen molar-refractivity contribution in [2.45, 2.75) is 32.7 Å². The molecule has 112 valence electrons. The van der Waals surface area contributed by atoms with E-state index in [0.29, 0.717) is 17.9 Å². The van der Waals surface area contributed by atoms with E-state index in [9.17, 15) is 4.79 Å². The van der Waals surface area contributed by atoms with Gasteiger partial charge in [-0.1, -0.05) is 26.0 Å². The predicted octanol–water partition coefficient (Wildman–Crippen LogP) is 1.56. The fourth-order valence-corrected chi connectivity index (χ4v) is 1.86. The number of rotatable bonds is 8. The van der Waals surface area contributed by atoms with Crippen LogP contribution in [0.15, 0.2) is 24.3 Å². The molecule has 0 fully saturated rings. The van der Waals surface area contributed by atoms with Crippen molar-refractivity contribution in [2.24, 2.45) is 5.92 Å². The first-order valence-corrected chi connectivity index (χ1v) is 6.92. The van der Waals surface area contributed by atoms with E-state index >= 15 is 0 Å². The monoisotopic (exact) mass is 280 g/mol. The Hall–Kier alpha value is -1.75. The number of nitrogen functional groups attached to an aromatic ring is 1. The molecule has 0 aliphatic carbocycles. The molecule has 1 unspecified atom stereocenters. The van der Waals surface area contributed by atoms with Crippen LogP contribution in [0.1, 0.15) is 26.7 Å². The second-order valence-electron chi connectivity index (χ2n) is 5.07. The molecule has 0 aromatic heterocycles. The summed E-state index contributed by atoms with van der Waals surface area (Å²) in [6, 6.07) is 7.19. The summed E-state index contributed by atoms with van der Waals surface area (Å²) in [6.07, 6.45) is 0.832. The van der Waals surface area contributed by atoms with Gasteiger partial charge in [-0.3, -0.25) is 4.79 Å². The lowest BCUT2D eigenvalue weighted by Crippen LogP contribution is -2.39. The minimum absolute atomic E-state index is 0.00528. The Balaban J connectivity index is 2.34. The smallest absolute Gasteiger partial charge is 0.223 e. The number of benzene rings is 1. The highest BCUT2D eigenvalue weighted by Gasteiger charge is 2.15. The van der Waals surface area contributed by atoms with Gasteiger partial charge in [0.25, 0.3) is 0 Å². The number of para-hydroxylation sites is 2. The minimum Gasteiger partial charge on any atom is -0.491 e. The molecule has 0 saturated carbocycles. The van der Waals surface area contributed by atoms with Crippen LogP contribution >= 0.6 is 0 Å². The van der Waals surface area contributed by atoms with Crippen LogP contribution in [0.2, 0.25) is 0 Å². The molecule has 0 saturated heterocycles. The van der Waals surface area contributed by atoms with Gasteiger partial charge < -0.3 is 20.9 Å². The molecule has 4 N–H and O–H groups in total. The Morgan fingerprint density at radius 3 is 2.70 bits per heavy atom. The topological polar surface area (TPSA) is 84.6 Å². The van der Waals surface area contributed by atoms with Crippen LogP contribution in [0.5, 0.6) is 5.75 Å². The van der Waals surface area contributed by atoms with Crippen molar-refractivity contribution in [3.63, 3.8) is 0 Å². The van der Waals surface area contributed by atoms with E-state index in [1.54, 1.807) is 12.1 Å². The van der Waals surface area contributed by atoms with Crippen LogP contribution in [0, 0.1) is 5.92 Å². The van der Waals surface area contributed by atoms with Crippen LogP contribution in [-0.2, 0) is 4.79 Å². The molecule has 5 heteroatoms. The summed E-state index contributed by atoms with van der Waals surface area (Å²) >= 11 is 0. The van der Waals surface area contributed by atoms with E-state index in [2.05, 4.69) is 5.32 Å². The van der Waals surface area contributed by atoms with Crippen molar-refractivity contribution in [3.8, 4) is 5.75 Å². The molecule has 1 aromatic rings. The third-order valence-corrected chi connectivity index (χ3v) is 3.10. The number of aliphatic hydroxyl groups is 1. The maximum absolute atomic E-state index is 11.8. The summed E-state index contributed by atoms with van der Waals surface area (Å²) in [5, 5.41) is 11.9. The highest BCUT2D eigenvalue weighted by Crippen LogP contribution is 2.19. The Morgan fingerprint density at radius 1 is 1.40 bits per heavy atom. The summed E-state index contributed by atoms with van der Waals surface area (Å²) in [7, 11) is 0. The van der Waals surface area contributed by atoms with Crippen molar-refractivity contribution < 1.29 is 14.6 Å². The van der Waals surface area contributed by atoms with E-state index in [4.69, 9.17) is 15.6 Å². The minimum atomic E-state index is -0.0772. The number of carbonyl (C=O) groups excluding carboxylic acids is 1. The van der Waals surface area contributed by atoms with Crippen molar-refractivity contribution in [1.29, 1.82) is 0 Å². The molecule has 20 heavy (non-hydrogen) atoms. The van der Waals surface area contributed by atoms with Gasteiger partial charge in [-0.2, -0.15) is 0 Å². The molecule has 1 atom stereocenters. The van der Waals surface area contributed by atoms with Crippen molar-refractivity contribution in [3.05, 3.63) is 24.3 Å². The lowest BCUT2D eigenvalue weighted by Gasteiger charge is -2.21. The molecule has 5 nitrogen and oxygen atoms in total. The Morgan fingerprint density at radius 2 is 2.10 bits per heavy atom. The van der Waals surface area contributed by atoms with Crippen LogP contribution in [0.25, 0.3) is 0 Å². The quantitative estimate of drug-likeness (QED) is 0.631. The van der Waals surface area contributed by atoms with Gasteiger partial charge in [-0.25, -0.2) is 0 Å². The first-order valence-electron chi connectivity index (χ1n) is 6.92. The molecule has 1 rings (SSSR count). The number of hydrogen-bond donors (Lipinski definition) is 3. The average molecular weight is 280 g/mol. The second-order valence-corrected chi connectivity index (χ2v) is 5.07. The molecule has 0 radical (unpaired) electrons. The first kappa shape index (κ1) is 16.3. The summed E-state index contributed by atoms with van der Waals surface area (Å²) in [5.74, 6) is 0.805. The second kappa shape index (κ2) is 8.43. The van der Waals surface area contributed by atoms with Gasteiger partial charge in [-0.05, 0) is 24.5 Å². The number of aliphatic hydroxyl groups excluding tert-OH is 1. The molecule has 0 heterocycles. The summed E-state index contributed by atoms with van der Waals surface area (Å²) in [6.45, 7) is 4.38. The lowest BCUT2D eigenvalue weighted by atomic mass is 10.0. The number of carbonyl (C=O) groups is 1. The van der Waals surface area contributed by atoms with Gasteiger partial charge in [-0.15, -0.1) is 0 Å². The van der Waals surface area contributed by atoms with Crippen molar-refractivity contribution in [2.75, 3.05) is 18.9 Å². The number of amides is 1. The van der Waals surface area contributed by atoms with E-state index in [1.165, 1.54) is 0 Å². The van der Waals surface area contributed by atoms with Crippen molar-refractivity contribution in [1.82, 2.24) is 5.32 Å². The SMILES string of the molecule is CC(C)C(CCO)NC(=O)CCOc1ccccc1N. The van der Waals surface area contributed by atoms with Gasteiger partial charge in [0.1, 0.15) is 5.75 Å². The Kier molecular flexibility index (Phi) is 6.87. The number of hydrogen-bond acceptors (Lipinski definition) is 4. The predicted molar refractivity (Wildman–Crippen MR) is 79.4 cm³/mol. The van der Waals surface area contributed by atoms with E-state index in [1.807, 2.05) is 26.0 Å². The fraction of sp³-hybridized carbons (Fsp3) is 0.533. The number of anilines is 1. The highest BCUT2D eigenvalue weighted by atomic mass is 16.5. The molecule has 0 aliphatic heterocycles. The highest BCUT2D eigenvalue weighted by molar-refractivity contribution is 5.76. The zero-order valence-electron chi connectivity index (χ0n) is 12.1. The molecule has 0 bridgehead atoms. The Labute approximate surface area is 120 Å². The maximum Gasteiger partial charge on any atom is 0.223 e. The third-order valence-electron chi connectivity index (χ3n) is 3.10. The summed E-state index contributed by atoms with van der Waals surface area (Å²) < 4.78 is 5.47. The van der Waals surface area contributed by atoms with Gasteiger partial charge >= 0.3 is 0 Å². The normalized spacial score (nSPS) is 12.2. The number of ether oxygens (including phenoxy) is 1. The summed E-state index contributed by atoms with van der Waals surface area (Å²) in [4.78, 5) is 11.8. The lowest BCUT2D eigenvalue weighted by molar-refractivity contribution is -0.122. The molecule has 0 aliphatic rings. The molecule has 0 spiro atoms. The first-order chi connectivity index (χ1) is 9.54. The van der Waals surface area contributed by atoms with E-state index < -0.39 is 0 Å². The average Bonchev–Trinajstić information content (AvgIpc) is 2.40. The van der Waals surface area contributed by atoms with Gasteiger partial charge in [0.2, 0.25) is 5.91 Å². The molecular formula is C15H24N2O3. The van der Waals surface area contributed by atoms with Crippen molar-refractivity contribution >= 4 is 11.6 Å².